The van der Waals surface area contributed by atoms with E-state index in [1.54, 1.807) is 72.8 Å². The van der Waals surface area contributed by atoms with Crippen molar-refractivity contribution in [2.24, 2.45) is 0 Å². The van der Waals surface area contributed by atoms with Crippen LogP contribution in [0.3, 0.4) is 0 Å². The Morgan fingerprint density at radius 2 is 1.83 bits per heavy atom. The molecule has 0 saturated carbocycles. The Hall–Kier alpha value is -3.57. The van der Waals surface area contributed by atoms with Gasteiger partial charge in [0.15, 0.2) is 5.76 Å². The van der Waals surface area contributed by atoms with Crippen LogP contribution < -0.4 is 14.2 Å². The molecule has 0 radical (unpaired) electrons. The average molecular weight is 421 g/mol. The number of carbonyl (C=O) groups excluding carboxylic acids is 2. The summed E-state index contributed by atoms with van der Waals surface area (Å²) in [5, 5.41) is 0.299. The van der Waals surface area contributed by atoms with Crippen molar-refractivity contribution < 1.29 is 23.8 Å². The van der Waals surface area contributed by atoms with Crippen LogP contribution in [0.2, 0.25) is 5.02 Å². The van der Waals surface area contributed by atoms with Crippen molar-refractivity contribution in [3.05, 3.63) is 94.2 Å². The van der Waals surface area contributed by atoms with E-state index in [1.165, 1.54) is 0 Å². The van der Waals surface area contributed by atoms with Gasteiger partial charge in [-0.05, 0) is 43.3 Å². The smallest absolute Gasteiger partial charge is 0.345 e. The summed E-state index contributed by atoms with van der Waals surface area (Å²) in [6, 6.07) is 18.6. The molecule has 6 heteroatoms. The summed E-state index contributed by atoms with van der Waals surface area (Å²) in [7, 11) is 0. The zero-order valence-corrected chi connectivity index (χ0v) is 16.8. The van der Waals surface area contributed by atoms with Crippen LogP contribution in [0.5, 0.6) is 17.2 Å². The predicted octanol–water partition coefficient (Wildman–Crippen LogP) is 5.57. The summed E-state index contributed by atoms with van der Waals surface area (Å²) in [6.45, 7) is 2.39. The van der Waals surface area contributed by atoms with Crippen LogP contribution in [0.1, 0.15) is 33.2 Å². The van der Waals surface area contributed by atoms with E-state index >= 15 is 0 Å². The maximum Gasteiger partial charge on any atom is 0.345 e. The van der Waals surface area contributed by atoms with Crippen molar-refractivity contribution in [2.45, 2.75) is 6.92 Å². The van der Waals surface area contributed by atoms with Gasteiger partial charge in [-0.2, -0.15) is 0 Å². The maximum atomic E-state index is 12.7. The third-order valence-corrected chi connectivity index (χ3v) is 4.78. The van der Waals surface area contributed by atoms with Gasteiger partial charge in [0.1, 0.15) is 17.2 Å². The lowest BCUT2D eigenvalue weighted by Gasteiger charge is -2.09. The second-order valence-corrected chi connectivity index (χ2v) is 6.85. The van der Waals surface area contributed by atoms with Gasteiger partial charge in [-0.15, -0.1) is 0 Å². The van der Waals surface area contributed by atoms with Gasteiger partial charge in [0.25, 0.3) is 0 Å². The molecule has 30 heavy (non-hydrogen) atoms. The maximum absolute atomic E-state index is 12.7. The van der Waals surface area contributed by atoms with E-state index in [4.69, 9.17) is 25.8 Å². The van der Waals surface area contributed by atoms with E-state index in [0.29, 0.717) is 34.3 Å². The standard InChI is InChI=1S/C24H17ClO5/c1-2-28-16-11-12-18-21(14-16)29-22(23(18)26)13-15-7-3-6-10-20(15)30-24(27)17-8-4-5-9-19(17)25/h3-14H,2H2,1H3/b22-13-. The van der Waals surface area contributed by atoms with E-state index in [0.717, 1.165) is 0 Å². The quantitative estimate of drug-likeness (QED) is 0.306. The minimum atomic E-state index is -0.588. The summed E-state index contributed by atoms with van der Waals surface area (Å²) in [5.74, 6) is 0.648. The normalized spacial score (nSPS) is 13.7. The number of halogens is 1. The Labute approximate surface area is 178 Å². The number of fused-ring (bicyclic) bond motifs is 1. The molecule has 4 rings (SSSR count). The van der Waals surface area contributed by atoms with Crippen LogP contribution in [0.25, 0.3) is 6.08 Å². The lowest BCUT2D eigenvalue weighted by molar-refractivity contribution is 0.0734. The molecule has 1 aliphatic rings. The highest BCUT2D eigenvalue weighted by atomic mass is 35.5. The first-order valence-electron chi connectivity index (χ1n) is 9.33. The van der Waals surface area contributed by atoms with E-state index in [-0.39, 0.29) is 22.9 Å². The fourth-order valence-corrected chi connectivity index (χ4v) is 3.25. The van der Waals surface area contributed by atoms with Crippen molar-refractivity contribution in [1.29, 1.82) is 0 Å². The Bertz CT molecular complexity index is 1170. The second kappa shape index (κ2) is 8.43. The molecule has 0 amide bonds. The summed E-state index contributed by atoms with van der Waals surface area (Å²) < 4.78 is 16.7. The van der Waals surface area contributed by atoms with Crippen LogP contribution in [0, 0.1) is 0 Å². The van der Waals surface area contributed by atoms with Gasteiger partial charge in [0, 0.05) is 11.6 Å². The van der Waals surface area contributed by atoms with Gasteiger partial charge < -0.3 is 14.2 Å². The molecular formula is C24H17ClO5. The molecule has 3 aromatic rings. The Morgan fingerprint density at radius 1 is 1.07 bits per heavy atom. The predicted molar refractivity (Wildman–Crippen MR) is 113 cm³/mol. The number of Topliss-reactive ketones (excluding diaryl/α,β-unsaturated/α-hetero) is 1. The number of hydrogen-bond acceptors (Lipinski definition) is 5. The zero-order chi connectivity index (χ0) is 21.1. The zero-order valence-electron chi connectivity index (χ0n) is 16.1. The number of esters is 1. The molecule has 0 saturated heterocycles. The first-order valence-corrected chi connectivity index (χ1v) is 9.71. The number of carbonyl (C=O) groups is 2. The molecule has 0 aliphatic carbocycles. The summed E-state index contributed by atoms with van der Waals surface area (Å²) in [5.41, 5.74) is 1.24. The molecule has 0 spiro atoms. The third-order valence-electron chi connectivity index (χ3n) is 4.45. The van der Waals surface area contributed by atoms with Crippen molar-refractivity contribution >= 4 is 29.4 Å². The number of allylic oxidation sites excluding steroid dienone is 1. The number of ether oxygens (including phenoxy) is 3. The van der Waals surface area contributed by atoms with Crippen LogP contribution in [-0.4, -0.2) is 18.4 Å². The minimum Gasteiger partial charge on any atom is -0.494 e. The number of rotatable bonds is 5. The van der Waals surface area contributed by atoms with Gasteiger partial charge >= 0.3 is 5.97 Å². The van der Waals surface area contributed by atoms with Gasteiger partial charge in [-0.1, -0.05) is 41.9 Å². The van der Waals surface area contributed by atoms with Gasteiger partial charge in [0.2, 0.25) is 5.78 Å². The molecule has 0 bridgehead atoms. The summed E-state index contributed by atoms with van der Waals surface area (Å²) in [4.78, 5) is 25.2. The SMILES string of the molecule is CCOc1ccc2c(c1)O/C(=C\c1ccccc1OC(=O)c1ccccc1Cl)C2=O. The number of benzene rings is 3. The fraction of sp³-hybridized carbons (Fsp3) is 0.0833. The van der Waals surface area contributed by atoms with Crippen LogP contribution in [-0.2, 0) is 0 Å². The molecule has 0 atom stereocenters. The third kappa shape index (κ3) is 3.93. The largest absolute Gasteiger partial charge is 0.494 e. The highest BCUT2D eigenvalue weighted by molar-refractivity contribution is 6.33. The molecule has 1 heterocycles. The van der Waals surface area contributed by atoms with Gasteiger partial charge in [-0.3, -0.25) is 4.79 Å². The monoisotopic (exact) mass is 420 g/mol. The van der Waals surface area contributed by atoms with E-state index in [1.807, 2.05) is 6.92 Å². The first-order chi connectivity index (χ1) is 14.6. The van der Waals surface area contributed by atoms with Crippen LogP contribution in [0.4, 0.5) is 0 Å². The van der Waals surface area contributed by atoms with E-state index in [2.05, 4.69) is 0 Å². The molecule has 0 aromatic heterocycles. The summed E-state index contributed by atoms with van der Waals surface area (Å²) in [6.07, 6.45) is 1.55. The average Bonchev–Trinajstić information content (AvgIpc) is 3.05. The van der Waals surface area contributed by atoms with E-state index in [9.17, 15) is 9.59 Å². The molecule has 0 N–H and O–H groups in total. The highest BCUT2D eigenvalue weighted by Gasteiger charge is 2.28. The van der Waals surface area contributed by atoms with Crippen molar-refractivity contribution in [2.75, 3.05) is 6.61 Å². The topological polar surface area (TPSA) is 61.8 Å². The molecule has 0 fully saturated rings. The molecule has 5 nitrogen and oxygen atoms in total. The molecule has 0 unspecified atom stereocenters. The lowest BCUT2D eigenvalue weighted by atomic mass is 10.1. The number of para-hydroxylation sites is 1. The molecule has 150 valence electrons. The molecule has 1 aliphatic heterocycles. The minimum absolute atomic E-state index is 0.139. The van der Waals surface area contributed by atoms with E-state index < -0.39 is 5.97 Å². The lowest BCUT2D eigenvalue weighted by Crippen LogP contribution is -2.10. The van der Waals surface area contributed by atoms with Gasteiger partial charge in [0.05, 0.1) is 22.8 Å². The first kappa shape index (κ1) is 19.7. The van der Waals surface area contributed by atoms with Crippen molar-refractivity contribution in [1.82, 2.24) is 0 Å². The second-order valence-electron chi connectivity index (χ2n) is 6.44. The van der Waals surface area contributed by atoms with Crippen LogP contribution >= 0.6 is 11.6 Å². The van der Waals surface area contributed by atoms with Crippen molar-refractivity contribution in [3.63, 3.8) is 0 Å². The van der Waals surface area contributed by atoms with Gasteiger partial charge in [-0.25, -0.2) is 4.79 Å². The van der Waals surface area contributed by atoms with Crippen molar-refractivity contribution in [3.8, 4) is 17.2 Å². The fourth-order valence-electron chi connectivity index (χ4n) is 3.04. The Balaban J connectivity index is 1.61. The summed E-state index contributed by atoms with van der Waals surface area (Å²) >= 11 is 6.08. The van der Waals surface area contributed by atoms with Crippen LogP contribution in [0.15, 0.2) is 72.5 Å². The molecule has 3 aromatic carbocycles. The number of hydrogen-bond donors (Lipinski definition) is 0. The Morgan fingerprint density at radius 3 is 2.63 bits per heavy atom. The number of ketones is 1. The Kier molecular flexibility index (Phi) is 5.55. The molecular weight excluding hydrogens is 404 g/mol. The highest BCUT2D eigenvalue weighted by Crippen LogP contribution is 2.35.